The molecule has 260 valence electrons. The van der Waals surface area contributed by atoms with Crippen molar-refractivity contribution in [1.82, 2.24) is 40.7 Å². The molecule has 0 aromatic rings. The molecule has 1 saturated heterocycles. The highest BCUT2D eigenvalue weighted by atomic mass is 31.3. The van der Waals surface area contributed by atoms with Crippen LogP contribution in [0.3, 0.4) is 0 Å². The van der Waals surface area contributed by atoms with Crippen molar-refractivity contribution >= 4 is 66.1 Å². The lowest BCUT2D eigenvalue weighted by Gasteiger charge is -2.35. The van der Waals surface area contributed by atoms with Gasteiger partial charge in [-0.3, -0.25) is 20.3 Å². The van der Waals surface area contributed by atoms with Gasteiger partial charge < -0.3 is 20.3 Å². The predicted molar refractivity (Wildman–Crippen MR) is 213 cm³/mol. The van der Waals surface area contributed by atoms with E-state index in [1.165, 1.54) is 0 Å². The molecule has 0 radical (unpaired) electrons. The van der Waals surface area contributed by atoms with Crippen molar-refractivity contribution in [1.29, 1.82) is 0 Å². The van der Waals surface area contributed by atoms with Crippen LogP contribution in [0.2, 0.25) is 0 Å². The largest absolute Gasteiger partial charge is 0.341 e. The number of hydrogen-bond donors (Lipinski definition) is 8. The summed E-state index contributed by atoms with van der Waals surface area (Å²) in [5.41, 5.74) is 0. The van der Waals surface area contributed by atoms with Gasteiger partial charge in [0.1, 0.15) is 0 Å². The second-order valence-corrected chi connectivity index (χ2v) is 39.8. The highest BCUT2D eigenvalue weighted by molar-refractivity contribution is 7.86. The lowest BCUT2D eigenvalue weighted by molar-refractivity contribution is 0.770. The van der Waals surface area contributed by atoms with Crippen LogP contribution >= 0.6 is 66.1 Å². The number of nitrogens with one attached hydrogen (secondary N) is 8. The van der Waals surface area contributed by atoms with Crippen LogP contribution in [-0.4, -0.2) is 91.8 Å². The summed E-state index contributed by atoms with van der Waals surface area (Å²) in [6.07, 6.45) is 13.8. The zero-order chi connectivity index (χ0) is 33.0. The predicted octanol–water partition coefficient (Wildman–Crippen LogP) is 8.69. The van der Waals surface area contributed by atoms with Crippen molar-refractivity contribution in [2.24, 2.45) is 40.6 Å². The standard InChI is InChI=1S/C12H36N10P6.C8H14N7P3/c1-23(2)17-24(3,4)20-27(19-23)13-9-11-15-28(16-12-10-14-27)21-25(5,6)18-26(7,8)22-28;1-3-9-16(7-1)13-17(8-2-4-10-17)15-18(14-16)11-5-6-12-18/h13-16H,9-12H2,1-8H3;1-6,9-12H,7-8H2. The van der Waals surface area contributed by atoms with E-state index in [-0.39, 0.29) is 0 Å². The van der Waals surface area contributed by atoms with Crippen molar-refractivity contribution in [3.63, 3.8) is 0 Å². The van der Waals surface area contributed by atoms with E-state index in [0.29, 0.717) is 0 Å². The fraction of sp³-hybridized carbons (Fsp3) is 0.700. The SMILES string of the molecule is C1=CNP2(=NP3(=NP4(=N2)NC=CN4)CC=CN3)C1.CP1(C)=NP(C)(C)=NP2(=N1)NCCNP1(=NP(C)(C)=NP(C)(C)=N1)NCCN2. The van der Waals surface area contributed by atoms with Gasteiger partial charge in [0.2, 0.25) is 15.0 Å². The monoisotopic (exact) mass is 807 g/mol. The maximum absolute atomic E-state index is 5.12. The Morgan fingerprint density at radius 1 is 0.370 bits per heavy atom. The van der Waals surface area contributed by atoms with Gasteiger partial charge in [-0.25, -0.2) is 31.6 Å². The Morgan fingerprint density at radius 2 is 0.761 bits per heavy atom. The maximum atomic E-state index is 5.12. The van der Waals surface area contributed by atoms with E-state index in [1.54, 1.807) is 0 Å². The van der Waals surface area contributed by atoms with Crippen LogP contribution in [-0.2, 0) is 0 Å². The third kappa shape index (κ3) is 8.44. The molecule has 7 heterocycles. The van der Waals surface area contributed by atoms with Gasteiger partial charge in [0.25, 0.3) is 7.51 Å². The van der Waals surface area contributed by atoms with Crippen molar-refractivity contribution in [3.8, 4) is 0 Å². The smallest absolute Gasteiger partial charge is 0.264 e. The van der Waals surface area contributed by atoms with Crippen LogP contribution in [0.5, 0.6) is 0 Å². The molecule has 26 heteroatoms. The van der Waals surface area contributed by atoms with Crippen molar-refractivity contribution in [2.75, 3.05) is 91.8 Å². The molecule has 17 nitrogen and oxygen atoms in total. The van der Waals surface area contributed by atoms with Gasteiger partial charge in [0.15, 0.2) is 14.7 Å². The number of hydrogen-bond acceptors (Lipinski definition) is 17. The molecule has 7 aliphatic heterocycles. The molecule has 0 aliphatic carbocycles. The van der Waals surface area contributed by atoms with E-state index in [2.05, 4.69) is 106 Å². The molecule has 0 amide bonds. The summed E-state index contributed by atoms with van der Waals surface area (Å²) in [5, 5.41) is 28.1. The van der Waals surface area contributed by atoms with Crippen molar-refractivity contribution < 1.29 is 0 Å². The molecular weight excluding hydrogens is 757 g/mol. The van der Waals surface area contributed by atoms with E-state index < -0.39 is 66.1 Å². The van der Waals surface area contributed by atoms with Gasteiger partial charge in [-0.05, 0) is 65.7 Å². The molecule has 2 unspecified atom stereocenters. The normalized spacial score (nSPS) is 35.3. The number of allylic oxidation sites excluding steroid dienone is 2. The van der Waals surface area contributed by atoms with Gasteiger partial charge in [-0.1, -0.05) is 12.2 Å². The van der Waals surface area contributed by atoms with Crippen LogP contribution in [0.1, 0.15) is 0 Å². The lowest BCUT2D eigenvalue weighted by atomic mass is 10.7. The van der Waals surface area contributed by atoms with Crippen molar-refractivity contribution in [3.05, 3.63) is 37.0 Å². The van der Waals surface area contributed by atoms with Crippen LogP contribution in [0.25, 0.3) is 0 Å². The molecule has 7 aliphatic rings. The van der Waals surface area contributed by atoms with Gasteiger partial charge in [-0.15, -0.1) is 0 Å². The Balaban J connectivity index is 0.000000176. The molecule has 2 atom stereocenters. The van der Waals surface area contributed by atoms with E-state index in [0.717, 1.165) is 38.5 Å². The van der Waals surface area contributed by atoms with Gasteiger partial charge in [0.05, 0.1) is 28.8 Å². The van der Waals surface area contributed by atoms with E-state index in [4.69, 9.17) is 40.6 Å². The van der Waals surface area contributed by atoms with Crippen LogP contribution < -0.4 is 40.7 Å². The minimum absolute atomic E-state index is 0.775. The summed E-state index contributed by atoms with van der Waals surface area (Å²) in [5.74, 6) is 0. The topological polar surface area (TPSA) is 207 Å². The summed E-state index contributed by atoms with van der Waals surface area (Å²) in [6.45, 7) is 20.6. The third-order valence-corrected chi connectivity index (χ3v) is 38.0. The first-order valence-corrected chi connectivity index (χ1v) is 34.2. The average Bonchev–Trinajstić information content (AvgIpc) is 3.64. The summed E-state index contributed by atoms with van der Waals surface area (Å²) in [4.78, 5) is 0. The maximum Gasteiger partial charge on any atom is 0.264 e. The summed E-state index contributed by atoms with van der Waals surface area (Å²) in [7, 11) is -16.6. The van der Waals surface area contributed by atoms with Gasteiger partial charge >= 0.3 is 0 Å². The van der Waals surface area contributed by atoms with Crippen LogP contribution in [0.15, 0.2) is 77.6 Å². The minimum atomic E-state index is -2.13. The zero-order valence-electron chi connectivity index (χ0n) is 27.8. The molecule has 1 fully saturated rings. The second kappa shape index (κ2) is 12.8. The highest BCUT2D eigenvalue weighted by Crippen LogP contribution is 2.76. The fourth-order valence-electron chi connectivity index (χ4n) is 5.91. The lowest BCUT2D eigenvalue weighted by Crippen LogP contribution is -2.36. The Hall–Kier alpha value is 0.330. The first kappa shape index (κ1) is 36.1. The molecule has 8 N–H and O–H groups in total. The third-order valence-electron chi connectivity index (χ3n) is 6.81. The Kier molecular flexibility index (Phi) is 10.1. The molecule has 0 aromatic carbocycles. The Morgan fingerprint density at radius 3 is 1.13 bits per heavy atom. The molecule has 46 heavy (non-hydrogen) atoms. The quantitative estimate of drug-likeness (QED) is 0.111. The van der Waals surface area contributed by atoms with E-state index >= 15 is 0 Å². The van der Waals surface area contributed by atoms with Crippen LogP contribution in [0, 0.1) is 0 Å². The molecule has 0 bridgehead atoms. The summed E-state index contributed by atoms with van der Waals surface area (Å²) < 4.78 is 45.4. The van der Waals surface area contributed by atoms with Gasteiger partial charge in [0, 0.05) is 50.9 Å². The molecule has 0 saturated carbocycles. The average molecular weight is 808 g/mol. The summed E-state index contributed by atoms with van der Waals surface area (Å²) in [6, 6.07) is 0. The highest BCUT2D eigenvalue weighted by Gasteiger charge is 2.38. The molecule has 5 spiro atoms. The summed E-state index contributed by atoms with van der Waals surface area (Å²) >= 11 is 0. The van der Waals surface area contributed by atoms with E-state index in [1.807, 2.05) is 24.8 Å². The Bertz CT molecular complexity index is 1650. The van der Waals surface area contributed by atoms with Gasteiger partial charge in [-0.2, -0.15) is 9.03 Å². The van der Waals surface area contributed by atoms with Crippen LogP contribution in [0.4, 0.5) is 0 Å². The van der Waals surface area contributed by atoms with Crippen molar-refractivity contribution in [2.45, 2.75) is 0 Å². The number of nitrogens with zero attached hydrogens (tertiary/aromatic N) is 9. The van der Waals surface area contributed by atoms with E-state index in [9.17, 15) is 0 Å². The zero-order valence-corrected chi connectivity index (χ0v) is 35.8. The number of rotatable bonds is 0. The fourth-order valence-corrected chi connectivity index (χ4v) is 43.3. The molecular formula is C20H50N17P9. The minimum Gasteiger partial charge on any atom is -0.341 e. The molecule has 0 aromatic heterocycles. The first-order chi connectivity index (χ1) is 21.4. The first-order valence-electron chi connectivity index (χ1n) is 15.0. The Labute approximate surface area is 275 Å². The second-order valence-electron chi connectivity index (χ2n) is 13.1. The molecule has 7 rings (SSSR count).